The number of rotatable bonds is 4. The van der Waals surface area contributed by atoms with E-state index >= 15 is 0 Å². The molecule has 0 unspecified atom stereocenters. The van der Waals surface area contributed by atoms with Crippen LogP contribution in [0.3, 0.4) is 0 Å². The number of carbonyl (C=O) groups excluding carboxylic acids is 2. The van der Waals surface area contributed by atoms with Gasteiger partial charge in [0.15, 0.2) is 0 Å². The Hall–Kier alpha value is -2.83. The van der Waals surface area contributed by atoms with E-state index in [4.69, 9.17) is 11.5 Å². The number of nitrogens with two attached hydrogens (primary N) is 2. The number of aryl methyl sites for hydroxylation is 1. The molecule has 5 N–H and O–H groups in total. The molecule has 1 heterocycles. The van der Waals surface area contributed by atoms with E-state index in [1.165, 1.54) is 10.9 Å². The first-order valence-corrected chi connectivity index (χ1v) is 6.05. The summed E-state index contributed by atoms with van der Waals surface area (Å²) in [4.78, 5) is 23.1. The number of hydrogen-bond donors (Lipinski definition) is 3. The number of nitrogens with zero attached hydrogens (tertiary/aromatic N) is 2. The minimum atomic E-state index is -0.517. The van der Waals surface area contributed by atoms with Crippen molar-refractivity contribution in [3.63, 3.8) is 0 Å². The second-order valence-corrected chi connectivity index (χ2v) is 4.16. The van der Waals surface area contributed by atoms with Crippen LogP contribution in [0.2, 0.25) is 0 Å². The minimum Gasteiger partial charge on any atom is -0.396 e. The lowest BCUT2D eigenvalue weighted by atomic mass is 10.2. The van der Waals surface area contributed by atoms with Gasteiger partial charge in [-0.1, -0.05) is 0 Å². The third-order valence-electron chi connectivity index (χ3n) is 2.81. The third kappa shape index (κ3) is 2.61. The first-order chi connectivity index (χ1) is 9.52. The Bertz CT molecular complexity index is 645. The molecule has 7 nitrogen and oxygen atoms in total. The first kappa shape index (κ1) is 13.6. The summed E-state index contributed by atoms with van der Waals surface area (Å²) in [6, 6.07) is 6.28. The zero-order valence-electron chi connectivity index (χ0n) is 11.0. The Labute approximate surface area is 115 Å². The molecule has 7 heteroatoms. The summed E-state index contributed by atoms with van der Waals surface area (Å²) in [7, 11) is 0. The van der Waals surface area contributed by atoms with E-state index in [1.807, 2.05) is 6.92 Å². The predicted molar refractivity (Wildman–Crippen MR) is 75.2 cm³/mol. The molecule has 0 saturated carbocycles. The summed E-state index contributed by atoms with van der Waals surface area (Å²) < 4.78 is 1.52. The number of carbonyl (C=O) groups is 2. The lowest BCUT2D eigenvalue weighted by molar-refractivity contribution is 0.0997. The maximum absolute atomic E-state index is 12.2. The quantitative estimate of drug-likeness (QED) is 0.765. The molecule has 0 fully saturated rings. The van der Waals surface area contributed by atoms with Crippen molar-refractivity contribution < 1.29 is 9.59 Å². The average molecular weight is 273 g/mol. The Balaban J connectivity index is 2.19. The average Bonchev–Trinajstić information content (AvgIpc) is 2.80. The van der Waals surface area contributed by atoms with Gasteiger partial charge < -0.3 is 16.8 Å². The van der Waals surface area contributed by atoms with E-state index < -0.39 is 5.91 Å². The van der Waals surface area contributed by atoms with Gasteiger partial charge in [-0.15, -0.1) is 0 Å². The number of nitrogens with one attached hydrogen (secondary N) is 1. The van der Waals surface area contributed by atoms with Crippen LogP contribution in [0, 0.1) is 0 Å². The number of aromatic nitrogens is 2. The fourth-order valence-electron chi connectivity index (χ4n) is 1.80. The molecule has 0 aliphatic rings. The molecule has 0 radical (unpaired) electrons. The SMILES string of the molecule is CCn1ncc(N)c1C(=O)Nc1ccc(C(N)=O)cc1. The summed E-state index contributed by atoms with van der Waals surface area (Å²) >= 11 is 0. The Morgan fingerprint density at radius 3 is 2.50 bits per heavy atom. The van der Waals surface area contributed by atoms with Crippen LogP contribution in [0.25, 0.3) is 0 Å². The number of benzene rings is 1. The largest absolute Gasteiger partial charge is 0.396 e. The summed E-state index contributed by atoms with van der Waals surface area (Å²) in [5.41, 5.74) is 12.4. The molecule has 2 rings (SSSR count). The predicted octanol–water partition coefficient (Wildman–Crippen LogP) is 0.836. The van der Waals surface area contributed by atoms with Crippen LogP contribution in [-0.2, 0) is 6.54 Å². The van der Waals surface area contributed by atoms with Crippen LogP contribution in [-0.4, -0.2) is 21.6 Å². The van der Waals surface area contributed by atoms with Gasteiger partial charge in [0.05, 0.1) is 11.9 Å². The maximum Gasteiger partial charge on any atom is 0.276 e. The van der Waals surface area contributed by atoms with Crippen molar-refractivity contribution in [1.82, 2.24) is 9.78 Å². The highest BCUT2D eigenvalue weighted by molar-refractivity contribution is 6.06. The van der Waals surface area contributed by atoms with Crippen molar-refractivity contribution in [2.24, 2.45) is 5.73 Å². The van der Waals surface area contributed by atoms with Crippen molar-refractivity contribution >= 4 is 23.2 Å². The van der Waals surface area contributed by atoms with E-state index in [0.29, 0.717) is 29.2 Å². The van der Waals surface area contributed by atoms with Crippen molar-refractivity contribution in [2.75, 3.05) is 11.1 Å². The molecule has 0 spiro atoms. The van der Waals surface area contributed by atoms with Crippen molar-refractivity contribution in [3.8, 4) is 0 Å². The summed E-state index contributed by atoms with van der Waals surface area (Å²) in [5.74, 6) is -0.871. The van der Waals surface area contributed by atoms with Crippen LogP contribution < -0.4 is 16.8 Å². The van der Waals surface area contributed by atoms with Gasteiger partial charge in [0.2, 0.25) is 5.91 Å². The molecule has 104 valence electrons. The highest BCUT2D eigenvalue weighted by atomic mass is 16.2. The molecule has 20 heavy (non-hydrogen) atoms. The van der Waals surface area contributed by atoms with Gasteiger partial charge in [-0.25, -0.2) is 0 Å². The molecule has 1 aromatic heterocycles. The number of nitrogen functional groups attached to an aromatic ring is 1. The molecular weight excluding hydrogens is 258 g/mol. The molecule has 2 amide bonds. The molecule has 0 atom stereocenters. The zero-order valence-corrected chi connectivity index (χ0v) is 11.0. The van der Waals surface area contributed by atoms with Crippen LogP contribution >= 0.6 is 0 Å². The number of anilines is 2. The van der Waals surface area contributed by atoms with Gasteiger partial charge in [0.25, 0.3) is 5.91 Å². The topological polar surface area (TPSA) is 116 Å². The molecule has 1 aromatic carbocycles. The molecule has 0 aliphatic heterocycles. The smallest absolute Gasteiger partial charge is 0.276 e. The fourth-order valence-corrected chi connectivity index (χ4v) is 1.80. The molecule has 0 aliphatic carbocycles. The van der Waals surface area contributed by atoms with Gasteiger partial charge in [-0.3, -0.25) is 14.3 Å². The number of primary amides is 1. The van der Waals surface area contributed by atoms with Gasteiger partial charge in [0.1, 0.15) is 5.69 Å². The van der Waals surface area contributed by atoms with E-state index in [-0.39, 0.29) is 5.91 Å². The fraction of sp³-hybridized carbons (Fsp3) is 0.154. The minimum absolute atomic E-state index is 0.312. The lowest BCUT2D eigenvalue weighted by Crippen LogP contribution is -2.19. The highest BCUT2D eigenvalue weighted by Crippen LogP contribution is 2.15. The van der Waals surface area contributed by atoms with E-state index in [0.717, 1.165) is 0 Å². The van der Waals surface area contributed by atoms with E-state index in [2.05, 4.69) is 10.4 Å². The van der Waals surface area contributed by atoms with Gasteiger partial charge >= 0.3 is 0 Å². The van der Waals surface area contributed by atoms with Crippen molar-refractivity contribution in [2.45, 2.75) is 13.5 Å². The Kier molecular flexibility index (Phi) is 3.69. The summed E-state index contributed by atoms with van der Waals surface area (Å²) in [5, 5.41) is 6.70. The number of hydrogen-bond acceptors (Lipinski definition) is 4. The van der Waals surface area contributed by atoms with Gasteiger partial charge in [-0.05, 0) is 31.2 Å². The normalized spacial score (nSPS) is 10.2. The Morgan fingerprint density at radius 2 is 1.95 bits per heavy atom. The van der Waals surface area contributed by atoms with Crippen molar-refractivity contribution in [1.29, 1.82) is 0 Å². The van der Waals surface area contributed by atoms with Gasteiger partial charge in [0, 0.05) is 17.8 Å². The number of amides is 2. The van der Waals surface area contributed by atoms with Gasteiger partial charge in [-0.2, -0.15) is 5.10 Å². The summed E-state index contributed by atoms with van der Waals surface area (Å²) in [6.07, 6.45) is 1.44. The molecular formula is C13H15N5O2. The maximum atomic E-state index is 12.2. The molecule has 0 bridgehead atoms. The molecule has 2 aromatic rings. The third-order valence-corrected chi connectivity index (χ3v) is 2.81. The van der Waals surface area contributed by atoms with Crippen LogP contribution in [0.5, 0.6) is 0 Å². The lowest BCUT2D eigenvalue weighted by Gasteiger charge is -2.08. The van der Waals surface area contributed by atoms with Crippen molar-refractivity contribution in [3.05, 3.63) is 41.7 Å². The summed E-state index contributed by atoms with van der Waals surface area (Å²) in [6.45, 7) is 2.41. The van der Waals surface area contributed by atoms with E-state index in [1.54, 1.807) is 24.3 Å². The van der Waals surface area contributed by atoms with Crippen LogP contribution in [0.15, 0.2) is 30.5 Å². The molecule has 0 saturated heterocycles. The first-order valence-electron chi connectivity index (χ1n) is 6.05. The highest BCUT2D eigenvalue weighted by Gasteiger charge is 2.16. The zero-order chi connectivity index (χ0) is 14.7. The second kappa shape index (κ2) is 5.43. The van der Waals surface area contributed by atoms with Crippen LogP contribution in [0.4, 0.5) is 11.4 Å². The Morgan fingerprint density at radius 1 is 1.30 bits per heavy atom. The standard InChI is InChI=1S/C13H15N5O2/c1-2-18-11(10(14)7-16-18)13(20)17-9-5-3-8(4-6-9)12(15)19/h3-7H,2,14H2,1H3,(H2,15,19)(H,17,20). The second-order valence-electron chi connectivity index (χ2n) is 4.16. The monoisotopic (exact) mass is 273 g/mol. The van der Waals surface area contributed by atoms with Crippen LogP contribution in [0.1, 0.15) is 27.8 Å². The van der Waals surface area contributed by atoms with E-state index in [9.17, 15) is 9.59 Å².